The van der Waals surface area contributed by atoms with E-state index >= 15 is 0 Å². The van der Waals surface area contributed by atoms with E-state index in [1.54, 1.807) is 32.4 Å². The molecule has 0 unspecified atom stereocenters. The lowest BCUT2D eigenvalue weighted by atomic mass is 9.55. The van der Waals surface area contributed by atoms with Crippen LogP contribution in [0.4, 0.5) is 5.69 Å². The first-order valence-corrected chi connectivity index (χ1v) is 10.4. The normalized spacial score (nSPS) is 25.2. The highest BCUT2D eigenvalue weighted by molar-refractivity contribution is 6.23. The molecule has 31 heavy (non-hydrogen) atoms. The highest BCUT2D eigenvalue weighted by Gasteiger charge is 2.61. The Labute approximate surface area is 180 Å². The van der Waals surface area contributed by atoms with Crippen LogP contribution in [0.25, 0.3) is 0 Å². The summed E-state index contributed by atoms with van der Waals surface area (Å²) in [7, 11) is 3.10. The number of nitrogens with zero attached hydrogens (tertiary/aromatic N) is 1. The highest BCUT2D eigenvalue weighted by Crippen LogP contribution is 2.61. The van der Waals surface area contributed by atoms with Crippen molar-refractivity contribution in [2.75, 3.05) is 19.1 Å². The molecule has 1 aliphatic heterocycles. The zero-order chi connectivity index (χ0) is 21.3. The first kappa shape index (κ1) is 18.2. The van der Waals surface area contributed by atoms with E-state index < -0.39 is 11.8 Å². The fraction of sp³-hybridized carbons (Fsp3) is 0.231. The summed E-state index contributed by atoms with van der Waals surface area (Å²) >= 11 is 0. The summed E-state index contributed by atoms with van der Waals surface area (Å²) < 4.78 is 10.7. The van der Waals surface area contributed by atoms with Crippen molar-refractivity contribution in [1.29, 1.82) is 0 Å². The molecule has 2 amide bonds. The van der Waals surface area contributed by atoms with Gasteiger partial charge in [0, 0.05) is 17.9 Å². The van der Waals surface area contributed by atoms with Crippen LogP contribution in [0.3, 0.4) is 0 Å². The minimum Gasteiger partial charge on any atom is -0.493 e. The average molecular weight is 411 g/mol. The first-order valence-electron chi connectivity index (χ1n) is 10.4. The third kappa shape index (κ3) is 2.26. The van der Waals surface area contributed by atoms with E-state index in [1.165, 1.54) is 27.2 Å². The highest BCUT2D eigenvalue weighted by atomic mass is 16.5. The van der Waals surface area contributed by atoms with Gasteiger partial charge in [-0.3, -0.25) is 9.59 Å². The van der Waals surface area contributed by atoms with Crippen LogP contribution in [0.15, 0.2) is 66.7 Å². The Morgan fingerprint density at radius 1 is 0.645 bits per heavy atom. The Bertz CT molecular complexity index is 1130. The largest absolute Gasteiger partial charge is 0.493 e. The molecule has 154 valence electrons. The third-order valence-corrected chi connectivity index (χ3v) is 7.07. The van der Waals surface area contributed by atoms with Crippen LogP contribution in [-0.2, 0) is 9.59 Å². The number of carbonyl (C=O) groups excluding carboxylic acids is 2. The second kappa shape index (κ2) is 6.45. The molecule has 0 saturated carbocycles. The number of imide groups is 1. The van der Waals surface area contributed by atoms with Gasteiger partial charge in [0.1, 0.15) is 0 Å². The van der Waals surface area contributed by atoms with Crippen molar-refractivity contribution in [2.24, 2.45) is 11.8 Å². The molecule has 5 heteroatoms. The van der Waals surface area contributed by atoms with Crippen molar-refractivity contribution in [1.82, 2.24) is 0 Å². The second-order valence-corrected chi connectivity index (χ2v) is 8.32. The quantitative estimate of drug-likeness (QED) is 0.609. The van der Waals surface area contributed by atoms with Crippen molar-refractivity contribution in [3.05, 3.63) is 89.0 Å². The van der Waals surface area contributed by atoms with Gasteiger partial charge in [-0.15, -0.1) is 0 Å². The number of anilines is 1. The zero-order valence-electron chi connectivity index (χ0n) is 17.2. The molecular formula is C26H21NO4. The lowest BCUT2D eigenvalue weighted by Gasteiger charge is -2.45. The molecule has 0 aromatic heterocycles. The first-order chi connectivity index (χ1) is 15.2. The summed E-state index contributed by atoms with van der Waals surface area (Å²) in [6.07, 6.45) is 0. The van der Waals surface area contributed by atoms with Crippen molar-refractivity contribution in [3.63, 3.8) is 0 Å². The van der Waals surface area contributed by atoms with E-state index in [1.807, 2.05) is 24.3 Å². The minimum atomic E-state index is -0.393. The molecule has 5 nitrogen and oxygen atoms in total. The maximum atomic E-state index is 13.7. The van der Waals surface area contributed by atoms with Crippen LogP contribution in [0, 0.1) is 11.8 Å². The molecule has 0 radical (unpaired) electrons. The molecule has 1 saturated heterocycles. The van der Waals surface area contributed by atoms with Crippen LogP contribution in [-0.4, -0.2) is 26.0 Å². The predicted octanol–water partition coefficient (Wildman–Crippen LogP) is 4.10. The SMILES string of the molecule is COc1ccc(N2C(=O)[C@@H]3C4c5ccccc5C(c5ccccc54)[C@@H]3C2=O)cc1OC. The lowest BCUT2D eigenvalue weighted by Crippen LogP contribution is -2.41. The Hall–Kier alpha value is -3.60. The molecule has 2 bridgehead atoms. The van der Waals surface area contributed by atoms with Crippen LogP contribution >= 0.6 is 0 Å². The van der Waals surface area contributed by atoms with Gasteiger partial charge in [-0.05, 0) is 34.4 Å². The molecule has 0 N–H and O–H groups in total. The van der Waals surface area contributed by atoms with Crippen LogP contribution < -0.4 is 14.4 Å². The van der Waals surface area contributed by atoms with Gasteiger partial charge < -0.3 is 9.47 Å². The van der Waals surface area contributed by atoms with Crippen LogP contribution in [0.1, 0.15) is 34.1 Å². The van der Waals surface area contributed by atoms with Gasteiger partial charge in [-0.2, -0.15) is 0 Å². The molecule has 2 atom stereocenters. The summed E-state index contributed by atoms with van der Waals surface area (Å²) in [5.74, 6) is -0.228. The summed E-state index contributed by atoms with van der Waals surface area (Å²) in [6, 6.07) is 21.7. The predicted molar refractivity (Wildman–Crippen MR) is 116 cm³/mol. The van der Waals surface area contributed by atoms with Gasteiger partial charge in [-0.1, -0.05) is 48.5 Å². The summed E-state index contributed by atoms with van der Waals surface area (Å²) in [5.41, 5.74) is 5.20. The van der Waals surface area contributed by atoms with Crippen molar-refractivity contribution < 1.29 is 19.1 Å². The number of benzene rings is 3. The Balaban J connectivity index is 1.52. The van der Waals surface area contributed by atoms with E-state index in [0.717, 1.165) is 0 Å². The smallest absolute Gasteiger partial charge is 0.238 e. The molecule has 1 fully saturated rings. The molecule has 1 heterocycles. The van der Waals surface area contributed by atoms with Gasteiger partial charge >= 0.3 is 0 Å². The van der Waals surface area contributed by atoms with Gasteiger partial charge in [0.05, 0.1) is 31.7 Å². The molecule has 3 aromatic rings. The van der Waals surface area contributed by atoms with E-state index in [0.29, 0.717) is 17.2 Å². The summed E-state index contributed by atoms with van der Waals surface area (Å²) in [5, 5.41) is 0. The van der Waals surface area contributed by atoms with E-state index in [-0.39, 0.29) is 23.7 Å². The van der Waals surface area contributed by atoms with E-state index in [2.05, 4.69) is 24.3 Å². The van der Waals surface area contributed by atoms with E-state index in [4.69, 9.17) is 9.47 Å². The Kier molecular flexibility index (Phi) is 3.78. The standard InChI is InChI=1S/C26H21NO4/c1-30-19-12-11-14(13-20(19)31-2)27-25(28)23-21-15-7-3-4-8-16(15)22(24(23)26(27)29)18-10-6-5-9-17(18)21/h3-13,21-24H,1-2H3/t21?,22?,23-,24+. The number of rotatable bonds is 3. The van der Waals surface area contributed by atoms with Gasteiger partial charge in [0.2, 0.25) is 11.8 Å². The zero-order valence-corrected chi connectivity index (χ0v) is 17.2. The molecule has 0 spiro atoms. The van der Waals surface area contributed by atoms with Gasteiger partial charge in [0.15, 0.2) is 11.5 Å². The number of amides is 2. The molecular weight excluding hydrogens is 390 g/mol. The van der Waals surface area contributed by atoms with Crippen molar-refractivity contribution in [2.45, 2.75) is 11.8 Å². The molecule has 3 aliphatic carbocycles. The summed E-state index contributed by atoms with van der Waals surface area (Å²) in [6.45, 7) is 0. The van der Waals surface area contributed by atoms with E-state index in [9.17, 15) is 9.59 Å². The van der Waals surface area contributed by atoms with Gasteiger partial charge in [-0.25, -0.2) is 4.90 Å². The summed E-state index contributed by atoms with van der Waals surface area (Å²) in [4.78, 5) is 28.9. The van der Waals surface area contributed by atoms with Gasteiger partial charge in [0.25, 0.3) is 0 Å². The van der Waals surface area contributed by atoms with Crippen molar-refractivity contribution in [3.8, 4) is 11.5 Å². The monoisotopic (exact) mass is 411 g/mol. The number of ether oxygens (including phenoxy) is 2. The second-order valence-electron chi connectivity index (χ2n) is 8.32. The lowest BCUT2D eigenvalue weighted by molar-refractivity contribution is -0.122. The topological polar surface area (TPSA) is 55.8 Å². The fourth-order valence-electron chi connectivity index (χ4n) is 5.90. The molecule has 3 aromatic carbocycles. The molecule has 7 rings (SSSR count). The maximum Gasteiger partial charge on any atom is 0.238 e. The fourth-order valence-corrected chi connectivity index (χ4v) is 5.90. The maximum absolute atomic E-state index is 13.7. The Morgan fingerprint density at radius 2 is 1.10 bits per heavy atom. The van der Waals surface area contributed by atoms with Crippen LogP contribution in [0.2, 0.25) is 0 Å². The number of carbonyl (C=O) groups is 2. The number of methoxy groups -OCH3 is 2. The number of hydrogen-bond acceptors (Lipinski definition) is 4. The molecule has 4 aliphatic rings. The third-order valence-electron chi connectivity index (χ3n) is 7.07. The van der Waals surface area contributed by atoms with Crippen LogP contribution in [0.5, 0.6) is 11.5 Å². The number of hydrogen-bond donors (Lipinski definition) is 0. The average Bonchev–Trinajstić information content (AvgIpc) is 3.09. The Morgan fingerprint density at radius 3 is 1.52 bits per heavy atom. The minimum absolute atomic E-state index is 0.107. The van der Waals surface area contributed by atoms with Crippen molar-refractivity contribution >= 4 is 17.5 Å².